The molecule has 0 saturated carbocycles. The number of hydroxylamine groups is 2. The highest BCUT2D eigenvalue weighted by Crippen LogP contribution is 2.31. The van der Waals surface area contributed by atoms with Crippen molar-refractivity contribution in [3.8, 4) is 17.2 Å². The first-order valence-electron chi connectivity index (χ1n) is 10.1. The molecule has 0 aliphatic carbocycles. The summed E-state index contributed by atoms with van der Waals surface area (Å²) in [6.07, 6.45) is 3.10. The number of nitrogens with one attached hydrogen (secondary N) is 1. The predicted molar refractivity (Wildman–Crippen MR) is 120 cm³/mol. The van der Waals surface area contributed by atoms with Crippen LogP contribution in [-0.4, -0.2) is 42.3 Å². The Bertz CT molecular complexity index is 1240. The van der Waals surface area contributed by atoms with Crippen LogP contribution in [0.1, 0.15) is 29.8 Å². The summed E-state index contributed by atoms with van der Waals surface area (Å²) in [4.78, 5) is 34.5. The monoisotopic (exact) mass is 447 g/mol. The van der Waals surface area contributed by atoms with Gasteiger partial charge in [-0.25, -0.2) is 4.79 Å². The number of carbonyl (C=O) groups is 2. The van der Waals surface area contributed by atoms with Gasteiger partial charge in [-0.05, 0) is 55.8 Å². The minimum Gasteiger partial charge on any atom is -0.497 e. The lowest BCUT2D eigenvalue weighted by molar-refractivity contribution is -0.114. The van der Waals surface area contributed by atoms with Crippen LogP contribution in [0.15, 0.2) is 64.9 Å². The quantitative estimate of drug-likeness (QED) is 0.408. The molecule has 2 aromatic rings. The number of methoxy groups -OCH3 is 1. The van der Waals surface area contributed by atoms with Crippen LogP contribution >= 0.6 is 0 Å². The molecule has 9 nitrogen and oxygen atoms in total. The van der Waals surface area contributed by atoms with Gasteiger partial charge in [0, 0.05) is 6.08 Å². The van der Waals surface area contributed by atoms with Gasteiger partial charge in [-0.1, -0.05) is 12.1 Å². The minimum atomic E-state index is -0.568. The third-order valence-electron chi connectivity index (χ3n) is 4.77. The van der Waals surface area contributed by atoms with Crippen LogP contribution in [0, 0.1) is 5.41 Å². The number of carbonyl (C=O) groups excluding carboxylic acids is 2. The molecule has 33 heavy (non-hydrogen) atoms. The lowest BCUT2D eigenvalue weighted by Crippen LogP contribution is -2.38. The Kier molecular flexibility index (Phi) is 5.95. The highest BCUT2D eigenvalue weighted by atomic mass is 16.7. The molecule has 2 aromatic carbocycles. The van der Waals surface area contributed by atoms with Crippen molar-refractivity contribution in [3.05, 3.63) is 71.0 Å². The van der Waals surface area contributed by atoms with Gasteiger partial charge in [0.05, 0.1) is 24.9 Å². The zero-order valence-corrected chi connectivity index (χ0v) is 18.2. The Balaban J connectivity index is 1.60. The van der Waals surface area contributed by atoms with Crippen molar-refractivity contribution in [2.75, 3.05) is 13.7 Å². The van der Waals surface area contributed by atoms with E-state index < -0.39 is 11.9 Å². The normalized spacial score (nSPS) is 16.1. The van der Waals surface area contributed by atoms with E-state index in [4.69, 9.17) is 24.5 Å². The second-order valence-corrected chi connectivity index (χ2v) is 7.08. The van der Waals surface area contributed by atoms with Gasteiger partial charge < -0.3 is 19.0 Å². The van der Waals surface area contributed by atoms with Gasteiger partial charge in [-0.15, -0.1) is 5.06 Å². The van der Waals surface area contributed by atoms with E-state index in [2.05, 4.69) is 4.99 Å². The van der Waals surface area contributed by atoms with Crippen LogP contribution in [-0.2, 0) is 9.63 Å². The summed E-state index contributed by atoms with van der Waals surface area (Å²) in [7, 11) is 1.52. The van der Waals surface area contributed by atoms with Crippen LogP contribution in [0.4, 0.5) is 0 Å². The van der Waals surface area contributed by atoms with Crippen LogP contribution in [0.5, 0.6) is 17.2 Å². The Morgan fingerprint density at radius 2 is 2.03 bits per heavy atom. The number of amides is 1. The molecule has 2 aliphatic heterocycles. The van der Waals surface area contributed by atoms with Crippen molar-refractivity contribution >= 4 is 29.6 Å². The molecule has 0 aromatic heterocycles. The zero-order valence-electron chi connectivity index (χ0n) is 18.2. The number of allylic oxidation sites excluding steroid dienone is 1. The number of esters is 1. The molecule has 0 fully saturated rings. The minimum absolute atomic E-state index is 0.0606. The number of hydrogen-bond donors (Lipinski definition) is 1. The van der Waals surface area contributed by atoms with Gasteiger partial charge in [0.2, 0.25) is 0 Å². The van der Waals surface area contributed by atoms with Crippen molar-refractivity contribution < 1.29 is 28.6 Å². The lowest BCUT2D eigenvalue weighted by atomic mass is 10.1. The van der Waals surface area contributed by atoms with E-state index in [0.29, 0.717) is 35.0 Å². The molecule has 2 aliphatic rings. The topological polar surface area (TPSA) is 111 Å². The molecule has 1 amide bonds. The van der Waals surface area contributed by atoms with Crippen molar-refractivity contribution in [1.82, 2.24) is 5.06 Å². The molecule has 1 N–H and O–H groups in total. The second-order valence-electron chi connectivity index (χ2n) is 7.08. The third kappa shape index (κ3) is 4.47. The molecule has 4 rings (SSSR count). The molecule has 9 heteroatoms. The van der Waals surface area contributed by atoms with E-state index in [1.54, 1.807) is 62.4 Å². The van der Waals surface area contributed by atoms with E-state index in [-0.39, 0.29) is 23.0 Å². The fourth-order valence-electron chi connectivity index (χ4n) is 3.24. The molecule has 0 spiro atoms. The fraction of sp³-hybridized carbons (Fsp3) is 0.167. The first-order valence-corrected chi connectivity index (χ1v) is 10.1. The standard InChI is InChI=1S/C24H21N3O6/c1-4-31-20-12-15(11-18-22(25)27-21(26-23(18)28)10-14(2)33-27)8-9-19(20)32-24(29)16-6-5-7-17(13-16)30-3/h5-13,25H,4H2,1-3H3/b18-11+,25-22?. The summed E-state index contributed by atoms with van der Waals surface area (Å²) in [6, 6.07) is 11.5. The summed E-state index contributed by atoms with van der Waals surface area (Å²) in [6.45, 7) is 3.84. The Morgan fingerprint density at radius 3 is 2.79 bits per heavy atom. The van der Waals surface area contributed by atoms with Crippen molar-refractivity contribution in [2.45, 2.75) is 13.8 Å². The summed E-state index contributed by atoms with van der Waals surface area (Å²) >= 11 is 0. The first-order chi connectivity index (χ1) is 15.9. The maximum Gasteiger partial charge on any atom is 0.343 e. The van der Waals surface area contributed by atoms with Crippen molar-refractivity contribution in [3.63, 3.8) is 0 Å². The number of fused-ring (bicyclic) bond motifs is 1. The van der Waals surface area contributed by atoms with Gasteiger partial charge in [-0.2, -0.15) is 4.99 Å². The summed E-state index contributed by atoms with van der Waals surface area (Å²) in [5, 5.41) is 9.52. The summed E-state index contributed by atoms with van der Waals surface area (Å²) in [5.74, 6) is 0.645. The number of ether oxygens (including phenoxy) is 3. The fourth-order valence-corrected chi connectivity index (χ4v) is 3.24. The number of rotatable bonds is 6. The molecule has 168 valence electrons. The molecule has 2 heterocycles. The zero-order chi connectivity index (χ0) is 23.5. The molecule has 0 saturated heterocycles. The summed E-state index contributed by atoms with van der Waals surface area (Å²) < 4.78 is 16.3. The molecular formula is C24H21N3O6. The van der Waals surface area contributed by atoms with Crippen molar-refractivity contribution in [2.24, 2.45) is 4.99 Å². The molecule has 0 radical (unpaired) electrons. The van der Waals surface area contributed by atoms with Gasteiger partial charge in [0.25, 0.3) is 5.91 Å². The Morgan fingerprint density at radius 1 is 1.21 bits per heavy atom. The number of nitrogens with zero attached hydrogens (tertiary/aromatic N) is 2. The largest absolute Gasteiger partial charge is 0.497 e. The first kappa shape index (κ1) is 21.8. The molecule has 0 unspecified atom stereocenters. The van der Waals surface area contributed by atoms with E-state index in [0.717, 1.165) is 0 Å². The van der Waals surface area contributed by atoms with Crippen LogP contribution < -0.4 is 14.2 Å². The maximum atomic E-state index is 12.6. The summed E-state index contributed by atoms with van der Waals surface area (Å²) in [5.41, 5.74) is 0.952. The SMILES string of the molecule is CCOc1cc(/C=C2\C(=N)N3OC(C)=CC3=NC2=O)ccc1OC(=O)c1cccc(OC)c1. The number of benzene rings is 2. The van der Waals surface area contributed by atoms with Gasteiger partial charge in [0.15, 0.2) is 23.2 Å². The second kappa shape index (κ2) is 8.99. The maximum absolute atomic E-state index is 12.6. The molecule has 0 atom stereocenters. The van der Waals surface area contributed by atoms with E-state index >= 15 is 0 Å². The van der Waals surface area contributed by atoms with E-state index in [9.17, 15) is 9.59 Å². The smallest absolute Gasteiger partial charge is 0.343 e. The average Bonchev–Trinajstić information content (AvgIpc) is 3.18. The Labute approximate surface area is 190 Å². The third-order valence-corrected chi connectivity index (χ3v) is 4.77. The lowest BCUT2D eigenvalue weighted by Gasteiger charge is -2.23. The number of hydrogen-bond acceptors (Lipinski definition) is 7. The Hall–Kier alpha value is -4.40. The van der Waals surface area contributed by atoms with E-state index in [1.807, 2.05) is 0 Å². The van der Waals surface area contributed by atoms with Crippen LogP contribution in [0.25, 0.3) is 6.08 Å². The van der Waals surface area contributed by atoms with Gasteiger partial charge in [0.1, 0.15) is 11.5 Å². The highest BCUT2D eigenvalue weighted by molar-refractivity contribution is 6.32. The van der Waals surface area contributed by atoms with Gasteiger partial charge in [-0.3, -0.25) is 10.2 Å². The molecular weight excluding hydrogens is 426 g/mol. The van der Waals surface area contributed by atoms with Crippen LogP contribution in [0.2, 0.25) is 0 Å². The predicted octanol–water partition coefficient (Wildman–Crippen LogP) is 3.76. The van der Waals surface area contributed by atoms with Crippen LogP contribution in [0.3, 0.4) is 0 Å². The molecule has 0 bridgehead atoms. The highest BCUT2D eigenvalue weighted by Gasteiger charge is 2.34. The van der Waals surface area contributed by atoms with Crippen molar-refractivity contribution in [1.29, 1.82) is 5.41 Å². The average molecular weight is 447 g/mol. The number of aliphatic imine (C=N–C) groups is 1. The number of amidine groups is 2. The van der Waals surface area contributed by atoms with E-state index in [1.165, 1.54) is 18.2 Å². The van der Waals surface area contributed by atoms with Gasteiger partial charge >= 0.3 is 5.97 Å².